The van der Waals surface area contributed by atoms with E-state index in [-0.39, 0.29) is 54.8 Å². The molecule has 3 heterocycles. The first-order valence-corrected chi connectivity index (χ1v) is 21.2. The van der Waals surface area contributed by atoms with E-state index in [9.17, 15) is 32.8 Å². The molecule has 14 nitrogen and oxygen atoms in total. The zero-order valence-electron chi connectivity index (χ0n) is 33.4. The average Bonchev–Trinajstić information content (AvgIpc) is 3.84. The van der Waals surface area contributed by atoms with Crippen molar-refractivity contribution in [2.75, 3.05) is 19.6 Å². The van der Waals surface area contributed by atoms with E-state index in [0.717, 1.165) is 23.3 Å². The molecule has 1 aromatic heterocycles. The zero-order chi connectivity index (χ0) is 43.1. The van der Waals surface area contributed by atoms with Gasteiger partial charge in [-0.2, -0.15) is 8.78 Å². The van der Waals surface area contributed by atoms with Crippen LogP contribution in [0.5, 0.6) is 0 Å². The summed E-state index contributed by atoms with van der Waals surface area (Å²) in [5, 5.41) is 6.14. The summed E-state index contributed by atoms with van der Waals surface area (Å²) in [6.45, 7) is 5.65. The molecule has 0 unspecified atom stereocenters. The van der Waals surface area contributed by atoms with Crippen molar-refractivity contribution < 1.29 is 47.1 Å². The lowest BCUT2D eigenvalue weighted by molar-refractivity contribution is -0.189. The van der Waals surface area contributed by atoms with Gasteiger partial charge in [-0.15, -0.1) is 0 Å². The fourth-order valence-corrected chi connectivity index (χ4v) is 8.59. The van der Waals surface area contributed by atoms with E-state index in [1.165, 1.54) is 12.1 Å². The Kier molecular flexibility index (Phi) is 14.4. The molecule has 7 N–H and O–H groups in total. The molecule has 0 aliphatic carbocycles. The number of hydrogen-bond acceptors (Lipinski definition) is 9. The fourth-order valence-electron chi connectivity index (χ4n) is 8.28. The van der Waals surface area contributed by atoms with Gasteiger partial charge < -0.3 is 40.9 Å². The maximum atomic E-state index is 14.7. The fraction of sp³-hybridized carbons (Fsp3) is 0.419. The Morgan fingerprint density at radius 2 is 1.62 bits per heavy atom. The summed E-state index contributed by atoms with van der Waals surface area (Å²) in [5.41, 5.74) is 6.91. The number of primary amides is 1. The molecule has 4 amide bonds. The topological polar surface area (TPSA) is 207 Å². The van der Waals surface area contributed by atoms with Gasteiger partial charge >= 0.3 is 14.7 Å². The van der Waals surface area contributed by atoms with E-state index in [2.05, 4.69) is 38.9 Å². The van der Waals surface area contributed by atoms with E-state index < -0.39 is 67.8 Å². The highest BCUT2D eigenvalue weighted by atomic mass is 31.2. The van der Waals surface area contributed by atoms with Gasteiger partial charge in [0.2, 0.25) is 23.6 Å². The average molecular weight is 849 g/mol. The number of Topliss-reactive ketones (excluding diaryl/α,β-unsaturated/α-hetero) is 1. The second-order valence-electron chi connectivity index (χ2n) is 15.9. The van der Waals surface area contributed by atoms with Crippen molar-refractivity contribution in [2.45, 2.75) is 82.6 Å². The molecule has 3 aromatic carbocycles. The largest absolute Gasteiger partial charge is 0.389 e. The van der Waals surface area contributed by atoms with Crippen LogP contribution >= 0.6 is 8.60 Å². The van der Waals surface area contributed by atoms with Crippen molar-refractivity contribution in [3.8, 4) is 0 Å². The first-order valence-electron chi connectivity index (χ1n) is 20.0. The number of fused-ring (bicyclic) bond motifs is 2. The predicted molar refractivity (Wildman–Crippen MR) is 220 cm³/mol. The van der Waals surface area contributed by atoms with Crippen molar-refractivity contribution in [2.24, 2.45) is 17.6 Å². The maximum Gasteiger partial charge on any atom is 0.389 e. The molecule has 4 aromatic rings. The lowest BCUT2D eigenvalue weighted by Gasteiger charge is -2.39. The number of halogens is 2. The van der Waals surface area contributed by atoms with Crippen molar-refractivity contribution in [3.63, 3.8) is 0 Å². The number of aromatic amines is 1. The lowest BCUT2D eigenvalue weighted by atomic mass is 9.95. The SMILES string of the molecule is CC(C)CN1CC[C@H]2CC[C@@H](C(=O)N[C@@H](CCC(N)=O)C(=O)NC(c3ccccc3)c3ccccc3)N2C(=O)[C@@H](CC(=O)c2cc3cc(C(F)(F)OP(O)O)ccc3[nH]2)C1. The number of hydrogen-bond donors (Lipinski definition) is 6. The Bertz CT molecular complexity index is 2120. The van der Waals surface area contributed by atoms with Crippen LogP contribution in [0.2, 0.25) is 0 Å². The first-order chi connectivity index (χ1) is 28.6. The van der Waals surface area contributed by atoms with Crippen molar-refractivity contribution in [1.82, 2.24) is 25.4 Å². The molecule has 2 aliphatic rings. The minimum Gasteiger partial charge on any atom is -0.370 e. The highest BCUT2D eigenvalue weighted by Gasteiger charge is 2.46. The van der Waals surface area contributed by atoms with Crippen molar-refractivity contribution in [3.05, 3.63) is 107 Å². The van der Waals surface area contributed by atoms with E-state index in [1.54, 1.807) is 4.90 Å². The Balaban J connectivity index is 1.23. The summed E-state index contributed by atoms with van der Waals surface area (Å²) >= 11 is 0. The summed E-state index contributed by atoms with van der Waals surface area (Å²) in [5.74, 6) is -3.17. The minimum atomic E-state index is -4.00. The van der Waals surface area contributed by atoms with Crippen LogP contribution in [-0.2, 0) is 29.8 Å². The molecule has 0 saturated carbocycles. The minimum absolute atomic E-state index is 0.0740. The second-order valence-corrected chi connectivity index (χ2v) is 16.6. The molecule has 0 radical (unpaired) electrons. The number of ketones is 1. The standard InChI is InChI=1S/C43H51F2N6O8P/c1-26(2)24-50-20-19-32-14-17-36(41(55)48-34(16-18-38(46)53)40(54)49-39(27-9-5-3-6-10-27)28-11-7-4-8-12-28)51(32)42(56)30(25-50)23-37(52)35-22-29-21-31(13-15-33(29)47-35)43(44,45)59-60(57)58/h3-13,15,21-22,26,30,32,34,36,39,47,57-58H,14,16-20,23-25H2,1-2H3,(H2,46,53)(H,48,55)(H,49,54)/t30-,32+,34-,36-/m0/s1. The van der Waals surface area contributed by atoms with Crippen LogP contribution < -0.4 is 16.4 Å². The molecule has 4 atom stereocenters. The van der Waals surface area contributed by atoms with E-state index in [4.69, 9.17) is 15.5 Å². The number of carbonyl (C=O) groups excluding carboxylic acids is 5. The summed E-state index contributed by atoms with van der Waals surface area (Å²) in [6, 6.07) is 20.5. The summed E-state index contributed by atoms with van der Waals surface area (Å²) < 4.78 is 33.0. The van der Waals surface area contributed by atoms with Crippen LogP contribution in [0, 0.1) is 11.8 Å². The molecule has 320 valence electrons. The number of nitrogens with zero attached hydrogens (tertiary/aromatic N) is 2. The number of benzene rings is 3. The summed E-state index contributed by atoms with van der Waals surface area (Å²) in [7, 11) is -3.34. The van der Waals surface area contributed by atoms with Gasteiger partial charge in [0.25, 0.3) is 0 Å². The summed E-state index contributed by atoms with van der Waals surface area (Å²) in [4.78, 5) is 93.5. The van der Waals surface area contributed by atoms with E-state index in [1.807, 2.05) is 60.7 Å². The number of carbonyl (C=O) groups is 5. The molecule has 60 heavy (non-hydrogen) atoms. The molecule has 0 spiro atoms. The van der Waals surface area contributed by atoms with Crippen LogP contribution in [0.4, 0.5) is 8.78 Å². The van der Waals surface area contributed by atoms with Gasteiger partial charge in [0.05, 0.1) is 23.2 Å². The van der Waals surface area contributed by atoms with Gasteiger partial charge in [-0.25, -0.2) is 4.52 Å². The Hall–Kier alpha value is -5.12. The van der Waals surface area contributed by atoms with E-state index in [0.29, 0.717) is 37.9 Å². The van der Waals surface area contributed by atoms with Gasteiger partial charge in [0.1, 0.15) is 12.1 Å². The van der Waals surface area contributed by atoms with Crippen LogP contribution in [0.1, 0.15) is 85.6 Å². The molecule has 6 rings (SSSR count). The van der Waals surface area contributed by atoms with Crippen molar-refractivity contribution >= 4 is 48.9 Å². The first kappa shape index (κ1) is 44.4. The van der Waals surface area contributed by atoms with Crippen LogP contribution in [0.25, 0.3) is 10.9 Å². The number of alkyl halides is 2. The highest BCUT2D eigenvalue weighted by Crippen LogP contribution is 2.42. The second kappa shape index (κ2) is 19.5. The number of nitrogens with two attached hydrogens (primary N) is 1. The quantitative estimate of drug-likeness (QED) is 0.0623. The van der Waals surface area contributed by atoms with Crippen LogP contribution in [0.3, 0.4) is 0 Å². The van der Waals surface area contributed by atoms with E-state index >= 15 is 0 Å². The van der Waals surface area contributed by atoms with Gasteiger partial charge in [0.15, 0.2) is 5.78 Å². The van der Waals surface area contributed by atoms with Crippen molar-refractivity contribution in [1.29, 1.82) is 0 Å². The summed E-state index contributed by atoms with van der Waals surface area (Å²) in [6.07, 6.45) is -3.05. The molecular weight excluding hydrogens is 797 g/mol. The number of rotatable bonds is 17. The number of nitrogens with one attached hydrogen (secondary N) is 3. The molecule has 2 saturated heterocycles. The molecule has 0 bridgehead atoms. The number of amides is 4. The van der Waals surface area contributed by atoms with Gasteiger partial charge in [-0.3, -0.25) is 24.0 Å². The third-order valence-corrected chi connectivity index (χ3v) is 11.4. The molecule has 17 heteroatoms. The lowest BCUT2D eigenvalue weighted by Crippen LogP contribution is -2.57. The Morgan fingerprint density at radius 3 is 2.23 bits per heavy atom. The van der Waals surface area contributed by atoms with Gasteiger partial charge in [-0.05, 0) is 67.0 Å². The Morgan fingerprint density at radius 1 is 0.950 bits per heavy atom. The molecule has 2 aliphatic heterocycles. The third-order valence-electron chi connectivity index (χ3n) is 11.0. The van der Waals surface area contributed by atoms with Crippen LogP contribution in [-0.4, -0.2) is 91.7 Å². The monoisotopic (exact) mass is 848 g/mol. The van der Waals surface area contributed by atoms with Crippen LogP contribution in [0.15, 0.2) is 84.9 Å². The highest BCUT2D eigenvalue weighted by molar-refractivity contribution is 7.39. The predicted octanol–water partition coefficient (Wildman–Crippen LogP) is 5.01. The maximum absolute atomic E-state index is 14.7. The zero-order valence-corrected chi connectivity index (χ0v) is 34.3. The smallest absolute Gasteiger partial charge is 0.370 e. The Labute approximate surface area is 347 Å². The normalized spacial score (nSPS) is 19.3. The molecule has 2 fully saturated rings. The number of H-pyrrole nitrogens is 1. The number of aromatic nitrogens is 1. The third kappa shape index (κ3) is 11.0. The van der Waals surface area contributed by atoms with Gasteiger partial charge in [0, 0.05) is 49.4 Å². The molecular formula is C43H51F2N6O8P. The van der Waals surface area contributed by atoms with Gasteiger partial charge in [-0.1, -0.05) is 74.5 Å².